The first kappa shape index (κ1) is 8.26. The zero-order valence-electron chi connectivity index (χ0n) is 6.99. The molecule has 1 aromatic heterocycles. The number of aryl methyl sites for hydroxylation is 1. The van der Waals surface area contributed by atoms with Crippen LogP contribution >= 0.6 is 11.6 Å². The average Bonchev–Trinajstić information content (AvgIpc) is 2.46. The molecule has 0 saturated heterocycles. The molecule has 0 spiro atoms. The molecule has 0 amide bonds. The normalized spacial score (nSPS) is 10.6. The monoisotopic (exact) mass is 194 g/mol. The second-order valence-electron chi connectivity index (χ2n) is 2.86. The summed E-state index contributed by atoms with van der Waals surface area (Å²) in [6.45, 7) is 0. The zero-order chi connectivity index (χ0) is 9.42. The van der Waals surface area contributed by atoms with Crippen LogP contribution < -0.4 is 0 Å². The number of nitrogens with zero attached hydrogens (tertiary/aromatic N) is 2. The summed E-state index contributed by atoms with van der Waals surface area (Å²) < 4.78 is 1.67. The molecule has 66 valence electrons. The van der Waals surface area contributed by atoms with Crippen LogP contribution in [-0.2, 0) is 7.05 Å². The van der Waals surface area contributed by atoms with Gasteiger partial charge in [-0.25, -0.2) is 0 Å². The summed E-state index contributed by atoms with van der Waals surface area (Å²) in [5.41, 5.74) is 1.30. The number of rotatable bonds is 1. The van der Waals surface area contributed by atoms with Crippen LogP contribution in [0, 0.1) is 0 Å². The number of hydrogen-bond acceptors (Lipinski definition) is 2. The topological polar surface area (TPSA) is 34.9 Å². The van der Waals surface area contributed by atoms with Crippen molar-refractivity contribution in [3.63, 3.8) is 0 Å². The first-order valence-corrected chi connectivity index (χ1v) is 4.16. The van der Waals surface area contributed by atoms with E-state index in [1.165, 1.54) is 0 Å². The Labute approximate surface area is 79.9 Å². The summed E-state index contributed by atoms with van der Waals surface area (Å²) in [5, 5.41) is 5.59. The van der Waals surface area contributed by atoms with E-state index < -0.39 is 0 Å². The van der Waals surface area contributed by atoms with E-state index in [4.69, 9.17) is 11.6 Å². The Morgan fingerprint density at radius 2 is 2.31 bits per heavy atom. The highest BCUT2D eigenvalue weighted by atomic mass is 35.5. The fraction of sp³-hybridized carbons (Fsp3) is 0.111. The van der Waals surface area contributed by atoms with E-state index in [1.807, 2.05) is 13.2 Å². The lowest BCUT2D eigenvalue weighted by Crippen LogP contribution is -1.85. The Balaban J connectivity index is 2.82. The second kappa shape index (κ2) is 2.85. The molecule has 0 aliphatic rings. The molecule has 1 heterocycles. The predicted octanol–water partition coefficient (Wildman–Crippen LogP) is 2.04. The summed E-state index contributed by atoms with van der Waals surface area (Å²) in [5.74, 6) is 0. The minimum absolute atomic E-state index is 0.552. The molecular weight excluding hydrogens is 188 g/mol. The number of carbonyl (C=O) groups is 1. The van der Waals surface area contributed by atoms with Crippen molar-refractivity contribution in [2.24, 2.45) is 7.05 Å². The van der Waals surface area contributed by atoms with E-state index in [0.717, 1.165) is 17.2 Å². The molecule has 0 aliphatic carbocycles. The van der Waals surface area contributed by atoms with Crippen molar-refractivity contribution in [3.8, 4) is 0 Å². The van der Waals surface area contributed by atoms with Crippen LogP contribution in [0.5, 0.6) is 0 Å². The van der Waals surface area contributed by atoms with Crippen LogP contribution in [0.2, 0.25) is 5.02 Å². The molecule has 3 nitrogen and oxygen atoms in total. The van der Waals surface area contributed by atoms with Gasteiger partial charge in [0.15, 0.2) is 0 Å². The number of carbonyl (C=O) groups excluding carboxylic acids is 1. The van der Waals surface area contributed by atoms with E-state index in [-0.39, 0.29) is 0 Å². The van der Waals surface area contributed by atoms with Crippen LogP contribution in [0.25, 0.3) is 10.9 Å². The van der Waals surface area contributed by atoms with Gasteiger partial charge in [-0.05, 0) is 12.1 Å². The fourth-order valence-corrected chi connectivity index (χ4v) is 1.56. The predicted molar refractivity (Wildman–Crippen MR) is 51.1 cm³/mol. The highest BCUT2D eigenvalue weighted by Crippen LogP contribution is 2.23. The highest BCUT2D eigenvalue weighted by molar-refractivity contribution is 6.35. The Kier molecular flexibility index (Phi) is 1.81. The quantitative estimate of drug-likeness (QED) is 0.652. The molecule has 0 unspecified atom stereocenters. The van der Waals surface area contributed by atoms with Gasteiger partial charge in [0.1, 0.15) is 6.29 Å². The fourth-order valence-electron chi connectivity index (χ4n) is 1.29. The molecule has 0 saturated carbocycles. The molecule has 2 rings (SSSR count). The molecule has 0 bridgehead atoms. The molecule has 0 radical (unpaired) electrons. The lowest BCUT2D eigenvalue weighted by molar-refractivity contribution is 0.112. The van der Waals surface area contributed by atoms with Crippen molar-refractivity contribution in [1.29, 1.82) is 0 Å². The molecule has 4 heteroatoms. The number of halogens is 1. The highest BCUT2D eigenvalue weighted by Gasteiger charge is 2.04. The van der Waals surface area contributed by atoms with Crippen molar-refractivity contribution in [1.82, 2.24) is 9.78 Å². The summed E-state index contributed by atoms with van der Waals surface area (Å²) in [6.07, 6.45) is 2.59. The maximum absolute atomic E-state index is 10.5. The molecule has 0 N–H and O–H groups in total. The van der Waals surface area contributed by atoms with Gasteiger partial charge in [-0.1, -0.05) is 11.6 Å². The molecule has 13 heavy (non-hydrogen) atoms. The first-order chi connectivity index (χ1) is 6.20. The summed E-state index contributed by atoms with van der Waals surface area (Å²) in [4.78, 5) is 10.5. The van der Waals surface area contributed by atoms with E-state index in [9.17, 15) is 4.79 Å². The van der Waals surface area contributed by atoms with Gasteiger partial charge in [0.25, 0.3) is 0 Å². The third-order valence-electron chi connectivity index (χ3n) is 1.85. The van der Waals surface area contributed by atoms with Crippen molar-refractivity contribution in [2.45, 2.75) is 0 Å². The maximum atomic E-state index is 10.5. The third-order valence-corrected chi connectivity index (χ3v) is 2.16. The van der Waals surface area contributed by atoms with Crippen molar-refractivity contribution < 1.29 is 4.79 Å². The van der Waals surface area contributed by atoms with Gasteiger partial charge in [-0.2, -0.15) is 5.10 Å². The maximum Gasteiger partial charge on any atom is 0.150 e. The van der Waals surface area contributed by atoms with Gasteiger partial charge < -0.3 is 0 Å². The van der Waals surface area contributed by atoms with E-state index in [1.54, 1.807) is 16.8 Å². The molecule has 2 aromatic rings. The van der Waals surface area contributed by atoms with E-state index >= 15 is 0 Å². The summed E-state index contributed by atoms with van der Waals surface area (Å²) in [6, 6.07) is 3.35. The zero-order valence-corrected chi connectivity index (χ0v) is 7.75. The van der Waals surface area contributed by atoms with Gasteiger partial charge in [0.05, 0.1) is 10.5 Å². The van der Waals surface area contributed by atoms with E-state index in [2.05, 4.69) is 5.10 Å². The number of hydrogen-bond donors (Lipinski definition) is 0. The first-order valence-electron chi connectivity index (χ1n) is 3.79. The van der Waals surface area contributed by atoms with Gasteiger partial charge in [0, 0.05) is 24.2 Å². The molecule has 0 fully saturated rings. The van der Waals surface area contributed by atoms with Gasteiger partial charge in [0.2, 0.25) is 0 Å². The molecule has 1 aromatic carbocycles. The second-order valence-corrected chi connectivity index (χ2v) is 3.26. The lowest BCUT2D eigenvalue weighted by Gasteiger charge is -1.93. The lowest BCUT2D eigenvalue weighted by atomic mass is 10.2. The Morgan fingerprint density at radius 3 is 3.00 bits per heavy atom. The van der Waals surface area contributed by atoms with Crippen molar-refractivity contribution in [3.05, 3.63) is 28.9 Å². The van der Waals surface area contributed by atoms with Crippen LogP contribution in [0.1, 0.15) is 10.4 Å². The molecule has 0 atom stereocenters. The molecule has 0 aliphatic heterocycles. The van der Waals surface area contributed by atoms with Gasteiger partial charge in [-0.3, -0.25) is 9.48 Å². The SMILES string of the molecule is Cn1cc2c(Cl)cc(C=O)cc2n1. The summed E-state index contributed by atoms with van der Waals surface area (Å²) in [7, 11) is 1.82. The van der Waals surface area contributed by atoms with Crippen LogP contribution in [0.4, 0.5) is 0 Å². The summed E-state index contributed by atoms with van der Waals surface area (Å²) >= 11 is 5.94. The smallest absolute Gasteiger partial charge is 0.150 e. The van der Waals surface area contributed by atoms with Crippen LogP contribution in [0.15, 0.2) is 18.3 Å². The number of fused-ring (bicyclic) bond motifs is 1. The average molecular weight is 195 g/mol. The third kappa shape index (κ3) is 1.31. The standard InChI is InChI=1S/C9H7ClN2O/c1-12-4-7-8(10)2-6(5-13)3-9(7)11-12/h2-5H,1H3. The number of aldehydes is 1. The number of aromatic nitrogens is 2. The number of benzene rings is 1. The van der Waals surface area contributed by atoms with Crippen molar-refractivity contribution in [2.75, 3.05) is 0 Å². The Hall–Kier alpha value is -1.35. The Morgan fingerprint density at radius 1 is 1.54 bits per heavy atom. The minimum atomic E-state index is 0.552. The van der Waals surface area contributed by atoms with Crippen LogP contribution in [-0.4, -0.2) is 16.1 Å². The Bertz CT molecular complexity index is 476. The van der Waals surface area contributed by atoms with Gasteiger partial charge >= 0.3 is 0 Å². The van der Waals surface area contributed by atoms with Crippen molar-refractivity contribution >= 4 is 28.8 Å². The van der Waals surface area contributed by atoms with Crippen LogP contribution in [0.3, 0.4) is 0 Å². The van der Waals surface area contributed by atoms with Gasteiger partial charge in [-0.15, -0.1) is 0 Å². The largest absolute Gasteiger partial charge is 0.298 e. The molecular formula is C9H7ClN2O. The minimum Gasteiger partial charge on any atom is -0.298 e. The van der Waals surface area contributed by atoms with E-state index in [0.29, 0.717) is 10.6 Å².